The SMILES string of the molecule is CCN1C(=O)C(=Cc2c(OC)ccc3ccc(OC)cc23)NC1=S. The number of thiocarbonyl (C=S) groups is 1. The van der Waals surface area contributed by atoms with E-state index in [-0.39, 0.29) is 5.91 Å². The molecular weight excluding hydrogens is 324 g/mol. The van der Waals surface area contributed by atoms with Crippen molar-refractivity contribution in [2.45, 2.75) is 6.92 Å². The van der Waals surface area contributed by atoms with Crippen LogP contribution in [0.25, 0.3) is 16.8 Å². The van der Waals surface area contributed by atoms with E-state index in [4.69, 9.17) is 21.7 Å². The second-order valence-electron chi connectivity index (χ2n) is 5.31. The Balaban J connectivity index is 2.19. The van der Waals surface area contributed by atoms with Crippen molar-refractivity contribution in [3.8, 4) is 11.5 Å². The van der Waals surface area contributed by atoms with Crippen LogP contribution in [0.3, 0.4) is 0 Å². The Morgan fingerprint density at radius 3 is 2.58 bits per heavy atom. The lowest BCUT2D eigenvalue weighted by Gasteiger charge is -2.11. The summed E-state index contributed by atoms with van der Waals surface area (Å²) in [4.78, 5) is 14.0. The number of nitrogens with one attached hydrogen (secondary N) is 1. The number of fused-ring (bicyclic) bond motifs is 1. The van der Waals surface area contributed by atoms with E-state index in [1.807, 2.05) is 37.3 Å². The van der Waals surface area contributed by atoms with E-state index >= 15 is 0 Å². The van der Waals surface area contributed by atoms with Crippen LogP contribution in [0, 0.1) is 0 Å². The third-order valence-electron chi connectivity index (χ3n) is 4.02. The summed E-state index contributed by atoms with van der Waals surface area (Å²) in [6.07, 6.45) is 1.78. The van der Waals surface area contributed by atoms with Crippen LogP contribution in [0.1, 0.15) is 12.5 Å². The van der Waals surface area contributed by atoms with Gasteiger partial charge in [-0.25, -0.2) is 0 Å². The smallest absolute Gasteiger partial charge is 0.276 e. The van der Waals surface area contributed by atoms with Crippen LogP contribution < -0.4 is 14.8 Å². The van der Waals surface area contributed by atoms with Crippen molar-refractivity contribution in [1.29, 1.82) is 0 Å². The molecule has 5 nitrogen and oxygen atoms in total. The third kappa shape index (κ3) is 2.69. The van der Waals surface area contributed by atoms with E-state index in [1.165, 1.54) is 4.90 Å². The average Bonchev–Trinajstić information content (AvgIpc) is 2.87. The Kier molecular flexibility index (Phi) is 4.40. The first kappa shape index (κ1) is 16.3. The van der Waals surface area contributed by atoms with Crippen molar-refractivity contribution in [3.63, 3.8) is 0 Å². The number of amides is 1. The molecule has 1 aliphatic heterocycles. The van der Waals surface area contributed by atoms with Crippen LogP contribution in [0.15, 0.2) is 36.0 Å². The minimum Gasteiger partial charge on any atom is -0.497 e. The molecule has 0 bridgehead atoms. The molecule has 1 fully saturated rings. The summed E-state index contributed by atoms with van der Waals surface area (Å²) in [6, 6.07) is 9.67. The van der Waals surface area contributed by atoms with Crippen LogP contribution in [-0.2, 0) is 4.79 Å². The molecule has 1 heterocycles. The molecule has 24 heavy (non-hydrogen) atoms. The van der Waals surface area contributed by atoms with Gasteiger partial charge in [0.2, 0.25) is 0 Å². The van der Waals surface area contributed by atoms with Gasteiger partial charge in [-0.1, -0.05) is 12.1 Å². The second-order valence-corrected chi connectivity index (χ2v) is 5.69. The molecule has 0 unspecified atom stereocenters. The molecule has 0 atom stereocenters. The van der Waals surface area contributed by atoms with Crippen LogP contribution in [-0.4, -0.2) is 36.7 Å². The zero-order chi connectivity index (χ0) is 17.3. The van der Waals surface area contributed by atoms with Gasteiger partial charge in [-0.3, -0.25) is 9.69 Å². The summed E-state index contributed by atoms with van der Waals surface area (Å²) in [6.45, 7) is 2.42. The highest BCUT2D eigenvalue weighted by molar-refractivity contribution is 7.80. The number of carbonyl (C=O) groups is 1. The first-order chi connectivity index (χ1) is 11.6. The van der Waals surface area contributed by atoms with E-state index in [1.54, 1.807) is 20.3 Å². The van der Waals surface area contributed by atoms with Crippen LogP contribution in [0.2, 0.25) is 0 Å². The molecule has 0 saturated carbocycles. The Bertz CT molecular complexity index is 855. The number of methoxy groups -OCH3 is 2. The zero-order valence-electron chi connectivity index (χ0n) is 13.8. The molecule has 6 heteroatoms. The second kappa shape index (κ2) is 6.49. The molecule has 1 N–H and O–H groups in total. The zero-order valence-corrected chi connectivity index (χ0v) is 14.6. The minimum atomic E-state index is -0.135. The lowest BCUT2D eigenvalue weighted by atomic mass is 10.0. The minimum absolute atomic E-state index is 0.135. The highest BCUT2D eigenvalue weighted by atomic mass is 32.1. The Hall–Kier alpha value is -2.60. The predicted octanol–water partition coefficient (Wildman–Crippen LogP) is 2.93. The molecule has 124 valence electrons. The summed E-state index contributed by atoms with van der Waals surface area (Å²) in [5.41, 5.74) is 1.25. The molecule has 0 aliphatic carbocycles. The fraction of sp³-hybridized carbons (Fsp3) is 0.222. The Morgan fingerprint density at radius 2 is 1.96 bits per heavy atom. The van der Waals surface area contributed by atoms with E-state index in [2.05, 4.69) is 5.32 Å². The van der Waals surface area contributed by atoms with Gasteiger partial charge >= 0.3 is 0 Å². The topological polar surface area (TPSA) is 50.8 Å². The monoisotopic (exact) mass is 342 g/mol. The van der Waals surface area contributed by atoms with Crippen molar-refractivity contribution < 1.29 is 14.3 Å². The predicted molar refractivity (Wildman–Crippen MR) is 98.1 cm³/mol. The van der Waals surface area contributed by atoms with Gasteiger partial charge in [0.1, 0.15) is 17.2 Å². The van der Waals surface area contributed by atoms with Gasteiger partial charge in [-0.05, 0) is 54.2 Å². The van der Waals surface area contributed by atoms with Crippen molar-refractivity contribution in [2.75, 3.05) is 20.8 Å². The van der Waals surface area contributed by atoms with Gasteiger partial charge in [0.15, 0.2) is 5.11 Å². The normalized spacial score (nSPS) is 16.0. The number of ether oxygens (including phenoxy) is 2. The number of rotatable bonds is 4. The van der Waals surface area contributed by atoms with Gasteiger partial charge in [-0.15, -0.1) is 0 Å². The molecule has 2 aromatic rings. The van der Waals surface area contributed by atoms with E-state index in [0.717, 1.165) is 22.1 Å². The number of hydrogen-bond donors (Lipinski definition) is 1. The van der Waals surface area contributed by atoms with Crippen molar-refractivity contribution in [2.24, 2.45) is 0 Å². The summed E-state index contributed by atoms with van der Waals surface area (Å²) in [5, 5.41) is 5.37. The molecule has 0 aromatic heterocycles. The summed E-state index contributed by atoms with van der Waals surface area (Å²) in [7, 11) is 3.23. The standard InChI is InChI=1S/C18H18N2O3S/c1-4-20-17(21)15(19-18(20)24)10-14-13-9-12(22-2)7-5-11(13)6-8-16(14)23-3/h5-10H,4H2,1-3H3,(H,19,24). The van der Waals surface area contributed by atoms with Crippen molar-refractivity contribution in [1.82, 2.24) is 10.2 Å². The maximum atomic E-state index is 12.5. The van der Waals surface area contributed by atoms with Crippen LogP contribution in [0.5, 0.6) is 11.5 Å². The van der Waals surface area contributed by atoms with Crippen molar-refractivity contribution >= 4 is 40.1 Å². The lowest BCUT2D eigenvalue weighted by Crippen LogP contribution is -2.30. The number of carbonyl (C=O) groups excluding carboxylic acids is 1. The van der Waals surface area contributed by atoms with Crippen LogP contribution >= 0.6 is 12.2 Å². The highest BCUT2D eigenvalue weighted by Crippen LogP contribution is 2.33. The van der Waals surface area contributed by atoms with E-state index in [0.29, 0.717) is 23.1 Å². The molecular formula is C18H18N2O3S. The quantitative estimate of drug-likeness (QED) is 0.684. The van der Waals surface area contributed by atoms with Gasteiger partial charge in [-0.2, -0.15) is 0 Å². The van der Waals surface area contributed by atoms with Gasteiger partial charge < -0.3 is 14.8 Å². The molecule has 1 amide bonds. The average molecular weight is 342 g/mol. The molecule has 3 rings (SSSR count). The van der Waals surface area contributed by atoms with Crippen LogP contribution in [0.4, 0.5) is 0 Å². The molecule has 1 aliphatic rings. The van der Waals surface area contributed by atoms with Gasteiger partial charge in [0.05, 0.1) is 14.2 Å². The Labute approximate surface area is 145 Å². The fourth-order valence-electron chi connectivity index (χ4n) is 2.76. The maximum Gasteiger partial charge on any atom is 0.276 e. The first-order valence-corrected chi connectivity index (χ1v) is 7.99. The summed E-state index contributed by atoms with van der Waals surface area (Å²) in [5.74, 6) is 1.29. The highest BCUT2D eigenvalue weighted by Gasteiger charge is 2.29. The molecule has 0 spiro atoms. The van der Waals surface area contributed by atoms with E-state index in [9.17, 15) is 4.79 Å². The molecule has 0 radical (unpaired) electrons. The first-order valence-electron chi connectivity index (χ1n) is 7.58. The van der Waals surface area contributed by atoms with Gasteiger partial charge in [0.25, 0.3) is 5.91 Å². The van der Waals surface area contributed by atoms with Crippen molar-refractivity contribution in [3.05, 3.63) is 41.6 Å². The molecule has 1 saturated heterocycles. The number of hydrogen-bond acceptors (Lipinski definition) is 4. The number of likely N-dealkylation sites (N-methyl/N-ethyl adjacent to an activating group) is 1. The lowest BCUT2D eigenvalue weighted by molar-refractivity contribution is -0.122. The van der Waals surface area contributed by atoms with Gasteiger partial charge in [0, 0.05) is 12.1 Å². The Morgan fingerprint density at radius 1 is 1.21 bits per heavy atom. The largest absolute Gasteiger partial charge is 0.497 e. The molecule has 2 aromatic carbocycles. The third-order valence-corrected chi connectivity index (χ3v) is 4.34. The number of benzene rings is 2. The fourth-order valence-corrected chi connectivity index (χ4v) is 3.08. The summed E-state index contributed by atoms with van der Waals surface area (Å²) >= 11 is 5.21. The maximum absolute atomic E-state index is 12.5. The summed E-state index contributed by atoms with van der Waals surface area (Å²) < 4.78 is 10.8. The number of nitrogens with zero attached hydrogens (tertiary/aromatic N) is 1. The van der Waals surface area contributed by atoms with E-state index < -0.39 is 0 Å².